The van der Waals surface area contributed by atoms with Crippen molar-refractivity contribution in [2.75, 3.05) is 31.1 Å². The van der Waals surface area contributed by atoms with Crippen molar-refractivity contribution < 1.29 is 9.18 Å². The van der Waals surface area contributed by atoms with Gasteiger partial charge < -0.3 is 10.2 Å². The molecule has 4 heterocycles. The summed E-state index contributed by atoms with van der Waals surface area (Å²) in [5, 5.41) is 10.0. The number of halogens is 1. The Morgan fingerprint density at radius 3 is 2.77 bits per heavy atom. The number of H-pyrrole nitrogens is 1. The van der Waals surface area contributed by atoms with Crippen LogP contribution in [-0.2, 0) is 16.8 Å². The van der Waals surface area contributed by atoms with Crippen molar-refractivity contribution in [3.05, 3.63) is 71.8 Å². The maximum atomic E-state index is 15.0. The Kier molecular flexibility index (Phi) is 4.23. The Bertz CT molecular complexity index is 1140. The third-order valence-electron chi connectivity index (χ3n) is 7.15. The summed E-state index contributed by atoms with van der Waals surface area (Å²) in [7, 11) is 0. The highest BCUT2D eigenvalue weighted by molar-refractivity contribution is 6.08. The number of hydrogen-bond donors (Lipinski definition) is 2. The van der Waals surface area contributed by atoms with Crippen molar-refractivity contribution in [3.8, 4) is 11.1 Å². The molecule has 1 atom stereocenters. The number of anilines is 1. The summed E-state index contributed by atoms with van der Waals surface area (Å²) in [6.07, 6.45) is 4.22. The van der Waals surface area contributed by atoms with Gasteiger partial charge in [-0.15, -0.1) is 0 Å². The van der Waals surface area contributed by atoms with Crippen molar-refractivity contribution >= 4 is 11.6 Å². The zero-order valence-corrected chi connectivity index (χ0v) is 17.1. The predicted molar refractivity (Wildman–Crippen MR) is 116 cm³/mol. The molecule has 2 N–H and O–H groups in total. The molecule has 0 radical (unpaired) electrons. The number of benzene rings is 2. The number of aromatic amines is 1. The lowest BCUT2D eigenvalue weighted by Gasteiger charge is -2.36. The molecule has 3 aliphatic heterocycles. The lowest BCUT2D eigenvalue weighted by atomic mass is 9.81. The molecule has 2 saturated heterocycles. The first kappa shape index (κ1) is 18.7. The second-order valence-electron chi connectivity index (χ2n) is 8.82. The van der Waals surface area contributed by atoms with E-state index < -0.39 is 5.41 Å². The number of aromatic nitrogens is 2. The van der Waals surface area contributed by atoms with Gasteiger partial charge in [0.25, 0.3) is 0 Å². The molecule has 1 unspecified atom stereocenters. The largest absolute Gasteiger partial charge is 0.314 e. The third kappa shape index (κ3) is 2.84. The Hall–Kier alpha value is -3.03. The van der Waals surface area contributed by atoms with E-state index >= 15 is 4.39 Å². The Morgan fingerprint density at radius 2 is 2.03 bits per heavy atom. The summed E-state index contributed by atoms with van der Waals surface area (Å²) < 4.78 is 15.0. The molecule has 2 fully saturated rings. The second kappa shape index (κ2) is 7.00. The van der Waals surface area contributed by atoms with Crippen LogP contribution < -0.4 is 10.2 Å². The highest BCUT2D eigenvalue weighted by Crippen LogP contribution is 2.48. The molecule has 1 amide bonds. The quantitative estimate of drug-likeness (QED) is 0.685. The molecular formula is C24H24FN5O. The third-order valence-corrected chi connectivity index (χ3v) is 7.15. The van der Waals surface area contributed by atoms with Crippen LogP contribution in [0.25, 0.3) is 11.1 Å². The maximum Gasteiger partial charge on any atom is 0.239 e. The molecular weight excluding hydrogens is 393 g/mol. The fourth-order valence-electron chi connectivity index (χ4n) is 5.26. The molecule has 0 bridgehead atoms. The van der Waals surface area contributed by atoms with Gasteiger partial charge in [0, 0.05) is 48.7 Å². The molecule has 6 nitrogen and oxygen atoms in total. The lowest BCUT2D eigenvalue weighted by molar-refractivity contribution is -0.123. The zero-order valence-electron chi connectivity index (χ0n) is 17.1. The van der Waals surface area contributed by atoms with Gasteiger partial charge in [-0.25, -0.2) is 4.39 Å². The van der Waals surface area contributed by atoms with E-state index in [0.29, 0.717) is 11.6 Å². The maximum absolute atomic E-state index is 15.0. The number of carbonyl (C=O) groups is 1. The minimum atomic E-state index is -0.514. The van der Waals surface area contributed by atoms with Crippen molar-refractivity contribution in [1.82, 2.24) is 20.4 Å². The smallest absolute Gasteiger partial charge is 0.239 e. The minimum absolute atomic E-state index is 0.0989. The zero-order chi connectivity index (χ0) is 21.0. The van der Waals surface area contributed by atoms with Crippen molar-refractivity contribution in [3.63, 3.8) is 0 Å². The van der Waals surface area contributed by atoms with E-state index in [-0.39, 0.29) is 18.3 Å². The van der Waals surface area contributed by atoms with E-state index in [1.807, 2.05) is 24.3 Å². The number of fused-ring (bicyclic) bond motifs is 2. The van der Waals surface area contributed by atoms with E-state index in [4.69, 9.17) is 0 Å². The van der Waals surface area contributed by atoms with Gasteiger partial charge >= 0.3 is 0 Å². The molecule has 7 heteroatoms. The number of nitrogens with one attached hydrogen (secondary N) is 2. The highest BCUT2D eigenvalue weighted by atomic mass is 19.1. The van der Waals surface area contributed by atoms with Crippen LogP contribution in [0.3, 0.4) is 0 Å². The summed E-state index contributed by atoms with van der Waals surface area (Å²) >= 11 is 0. The summed E-state index contributed by atoms with van der Waals surface area (Å²) in [4.78, 5) is 18.0. The van der Waals surface area contributed by atoms with Crippen molar-refractivity contribution in [2.45, 2.75) is 24.4 Å². The number of hydrogen-bond acceptors (Lipinski definition) is 4. The van der Waals surface area contributed by atoms with Gasteiger partial charge in [0.05, 0.1) is 18.2 Å². The van der Waals surface area contributed by atoms with Gasteiger partial charge in [-0.1, -0.05) is 30.3 Å². The second-order valence-corrected chi connectivity index (χ2v) is 8.82. The first-order valence-electron chi connectivity index (χ1n) is 10.8. The number of carbonyl (C=O) groups excluding carboxylic acids is 1. The van der Waals surface area contributed by atoms with Gasteiger partial charge in [-0.3, -0.25) is 14.8 Å². The van der Waals surface area contributed by atoms with Gasteiger partial charge in [-0.05, 0) is 36.2 Å². The normalized spacial score (nSPS) is 23.5. The van der Waals surface area contributed by atoms with Crippen LogP contribution in [0.5, 0.6) is 0 Å². The summed E-state index contributed by atoms with van der Waals surface area (Å²) in [5.74, 6) is -0.208. The van der Waals surface area contributed by atoms with E-state index in [1.165, 1.54) is 6.07 Å². The standard InChI is InChI=1S/C24H24FN5O/c25-21-9-16(18-10-27-28-11-18)5-6-17(21)14-30-22-4-2-1-3-20(22)24(23(30)31)7-8-29(15-24)19-12-26-13-19/h1-6,9-11,19,26H,7-8,12-15H2,(H,27,28). The molecule has 31 heavy (non-hydrogen) atoms. The van der Waals surface area contributed by atoms with Crippen LogP contribution in [-0.4, -0.2) is 53.2 Å². The SMILES string of the molecule is O=C1N(Cc2ccc(-c3cn[nH]c3)cc2F)c2ccccc2C12CCN(C1CNC1)C2. The number of likely N-dealkylation sites (tertiary alicyclic amines) is 1. The van der Waals surface area contributed by atoms with Crippen LogP contribution in [0.15, 0.2) is 54.9 Å². The molecule has 0 aliphatic carbocycles. The predicted octanol–water partition coefficient (Wildman–Crippen LogP) is 2.68. The molecule has 1 spiro atoms. The average Bonchev–Trinajstić information content (AvgIpc) is 3.46. The molecule has 158 valence electrons. The Labute approximate surface area is 180 Å². The monoisotopic (exact) mass is 417 g/mol. The van der Waals surface area contributed by atoms with Crippen LogP contribution in [0, 0.1) is 5.82 Å². The summed E-state index contributed by atoms with van der Waals surface area (Å²) in [6.45, 7) is 3.88. The molecule has 1 aromatic heterocycles. The molecule has 3 aliphatic rings. The van der Waals surface area contributed by atoms with Crippen LogP contribution >= 0.6 is 0 Å². The van der Waals surface area contributed by atoms with E-state index in [2.05, 4.69) is 26.5 Å². The first-order chi connectivity index (χ1) is 15.2. The summed E-state index contributed by atoms with van der Waals surface area (Å²) in [6, 6.07) is 13.7. The first-order valence-corrected chi connectivity index (χ1v) is 10.8. The topological polar surface area (TPSA) is 64.3 Å². The fraction of sp³-hybridized carbons (Fsp3) is 0.333. The Balaban J connectivity index is 1.31. The lowest BCUT2D eigenvalue weighted by Crippen LogP contribution is -2.57. The van der Waals surface area contributed by atoms with E-state index in [0.717, 1.165) is 55.0 Å². The number of nitrogens with zero attached hydrogens (tertiary/aromatic N) is 3. The molecule has 3 aromatic rings. The molecule has 6 rings (SSSR count). The van der Waals surface area contributed by atoms with Crippen LogP contribution in [0.2, 0.25) is 0 Å². The minimum Gasteiger partial charge on any atom is -0.314 e. The van der Waals surface area contributed by atoms with Gasteiger partial charge in [0.15, 0.2) is 0 Å². The van der Waals surface area contributed by atoms with Gasteiger partial charge in [0.2, 0.25) is 5.91 Å². The Morgan fingerprint density at radius 1 is 1.16 bits per heavy atom. The number of amides is 1. The van der Waals surface area contributed by atoms with Crippen LogP contribution in [0.4, 0.5) is 10.1 Å². The van der Waals surface area contributed by atoms with Gasteiger partial charge in [0.1, 0.15) is 5.82 Å². The number of para-hydroxylation sites is 1. The van der Waals surface area contributed by atoms with Crippen LogP contribution in [0.1, 0.15) is 17.5 Å². The van der Waals surface area contributed by atoms with Crippen molar-refractivity contribution in [2.24, 2.45) is 0 Å². The van der Waals surface area contributed by atoms with Gasteiger partial charge in [-0.2, -0.15) is 5.10 Å². The highest BCUT2D eigenvalue weighted by Gasteiger charge is 2.55. The number of rotatable bonds is 4. The van der Waals surface area contributed by atoms with E-state index in [1.54, 1.807) is 23.4 Å². The summed E-state index contributed by atoms with van der Waals surface area (Å²) in [5.41, 5.74) is 3.61. The van der Waals surface area contributed by atoms with E-state index in [9.17, 15) is 4.79 Å². The van der Waals surface area contributed by atoms with Crippen molar-refractivity contribution in [1.29, 1.82) is 0 Å². The fourth-order valence-corrected chi connectivity index (χ4v) is 5.26. The average molecular weight is 417 g/mol. The molecule has 2 aromatic carbocycles. The molecule has 0 saturated carbocycles.